The van der Waals surface area contributed by atoms with Crippen molar-refractivity contribution in [2.75, 3.05) is 0 Å². The first-order valence-electron chi connectivity index (χ1n) is 4.67. The summed E-state index contributed by atoms with van der Waals surface area (Å²) in [6.07, 6.45) is 0. The number of hydrogen-bond donors (Lipinski definition) is 0. The Balaban J connectivity index is 3.44. The van der Waals surface area contributed by atoms with Crippen molar-refractivity contribution in [1.82, 2.24) is 0 Å². The van der Waals surface area contributed by atoms with Gasteiger partial charge in [-0.1, -0.05) is 25.4 Å². The normalized spacial score (nSPS) is 13.1. The Kier molecular flexibility index (Phi) is 3.78. The van der Waals surface area contributed by atoms with Crippen LogP contribution in [0.15, 0.2) is 23.1 Å². The first-order valence-corrected chi connectivity index (χ1v) is 6.53. The summed E-state index contributed by atoms with van der Waals surface area (Å²) in [5.74, 6) is -0.115. The number of benzene rings is 1. The number of halogens is 4. The van der Waals surface area contributed by atoms with Gasteiger partial charge in [-0.2, -0.15) is 13.2 Å². The first-order chi connectivity index (χ1) is 7.55. The Morgan fingerprint density at radius 1 is 1.18 bits per heavy atom. The van der Waals surface area contributed by atoms with Gasteiger partial charge < -0.3 is 0 Å². The maximum absolute atomic E-state index is 12.4. The van der Waals surface area contributed by atoms with Crippen LogP contribution in [0, 0.1) is 0 Å². The molecule has 0 radical (unpaired) electrons. The minimum Gasteiger partial charge on any atom is -0.214 e. The number of rotatable bonds is 2. The molecule has 0 N–H and O–H groups in total. The van der Waals surface area contributed by atoms with Crippen molar-refractivity contribution in [3.8, 4) is 0 Å². The molecule has 0 spiro atoms. The fraction of sp³-hybridized carbons (Fsp3) is 0.400. The van der Waals surface area contributed by atoms with E-state index in [-0.39, 0.29) is 10.9 Å². The Morgan fingerprint density at radius 3 is 2.12 bits per heavy atom. The van der Waals surface area contributed by atoms with E-state index in [1.54, 1.807) is 13.8 Å². The van der Waals surface area contributed by atoms with Crippen LogP contribution in [-0.4, -0.2) is 13.9 Å². The van der Waals surface area contributed by atoms with Gasteiger partial charge in [0.05, 0.1) is 4.90 Å². The summed E-state index contributed by atoms with van der Waals surface area (Å²) in [6, 6.07) is 3.25. The van der Waals surface area contributed by atoms with E-state index in [4.69, 9.17) is 11.6 Å². The summed E-state index contributed by atoms with van der Waals surface area (Å²) < 4.78 is 59.5. The molecular weight excluding hydrogens is 277 g/mol. The van der Waals surface area contributed by atoms with Gasteiger partial charge in [0.1, 0.15) is 0 Å². The molecule has 0 fully saturated rings. The summed E-state index contributed by atoms with van der Waals surface area (Å²) >= 11 is 5.62. The molecule has 0 amide bonds. The van der Waals surface area contributed by atoms with Crippen LogP contribution in [0.25, 0.3) is 0 Å². The number of alkyl halides is 3. The average molecular weight is 287 g/mol. The Bertz CT molecular complexity index is 521. The minimum atomic E-state index is -5.34. The molecule has 2 nitrogen and oxygen atoms in total. The molecule has 0 unspecified atom stereocenters. The van der Waals surface area contributed by atoms with Crippen LogP contribution in [-0.2, 0) is 9.84 Å². The maximum atomic E-state index is 12.4. The summed E-state index contributed by atoms with van der Waals surface area (Å²) in [5.41, 5.74) is -4.87. The second-order valence-corrected chi connectivity index (χ2v) is 6.20. The third kappa shape index (κ3) is 2.93. The summed E-state index contributed by atoms with van der Waals surface area (Å²) in [4.78, 5) is -0.818. The molecule has 0 aromatic heterocycles. The highest BCUT2D eigenvalue weighted by molar-refractivity contribution is 7.92. The summed E-state index contributed by atoms with van der Waals surface area (Å²) in [6.45, 7) is 3.46. The zero-order chi connectivity index (χ0) is 13.4. The van der Waals surface area contributed by atoms with Crippen LogP contribution in [0.4, 0.5) is 13.2 Å². The maximum Gasteiger partial charge on any atom is 0.501 e. The van der Waals surface area contributed by atoms with Crippen LogP contribution in [0.3, 0.4) is 0 Å². The van der Waals surface area contributed by atoms with E-state index in [9.17, 15) is 21.6 Å². The fourth-order valence-corrected chi connectivity index (χ4v) is 2.36. The molecule has 0 bridgehead atoms. The van der Waals surface area contributed by atoms with E-state index in [0.717, 1.165) is 12.1 Å². The molecule has 1 aromatic rings. The van der Waals surface area contributed by atoms with Crippen LogP contribution >= 0.6 is 11.6 Å². The number of sulfone groups is 1. The quantitative estimate of drug-likeness (QED) is 0.829. The van der Waals surface area contributed by atoms with Crippen molar-refractivity contribution in [2.45, 2.75) is 30.2 Å². The van der Waals surface area contributed by atoms with Gasteiger partial charge in [-0.3, -0.25) is 0 Å². The lowest BCUT2D eigenvalue weighted by atomic mass is 10.0. The third-order valence-electron chi connectivity index (χ3n) is 2.18. The van der Waals surface area contributed by atoms with Gasteiger partial charge in [-0.15, -0.1) is 0 Å². The van der Waals surface area contributed by atoms with Crippen LogP contribution in [0.1, 0.15) is 25.3 Å². The van der Waals surface area contributed by atoms with E-state index >= 15 is 0 Å². The van der Waals surface area contributed by atoms with E-state index in [1.165, 1.54) is 6.07 Å². The molecular formula is C10H10ClF3O2S. The van der Waals surface area contributed by atoms with Gasteiger partial charge >= 0.3 is 5.51 Å². The zero-order valence-electron chi connectivity index (χ0n) is 9.05. The van der Waals surface area contributed by atoms with Gasteiger partial charge in [0.25, 0.3) is 9.84 Å². The highest BCUT2D eigenvalue weighted by atomic mass is 35.5. The lowest BCUT2D eigenvalue weighted by Gasteiger charge is -2.12. The van der Waals surface area contributed by atoms with E-state index in [2.05, 4.69) is 0 Å². The van der Waals surface area contributed by atoms with E-state index < -0.39 is 20.2 Å². The standard InChI is InChI=1S/C10H10ClF3O2S/c1-6(2)7-3-8(11)5-9(4-7)17(15,16)10(12,13)14/h3-6H,1-2H3. The average Bonchev–Trinajstić information content (AvgIpc) is 2.14. The van der Waals surface area contributed by atoms with Crippen LogP contribution in [0.2, 0.25) is 5.02 Å². The molecule has 0 atom stereocenters. The molecule has 7 heteroatoms. The van der Waals surface area contributed by atoms with Crippen LogP contribution < -0.4 is 0 Å². The monoisotopic (exact) mass is 286 g/mol. The van der Waals surface area contributed by atoms with E-state index in [0.29, 0.717) is 5.56 Å². The van der Waals surface area contributed by atoms with Crippen molar-refractivity contribution in [1.29, 1.82) is 0 Å². The molecule has 1 aromatic carbocycles. The smallest absolute Gasteiger partial charge is 0.214 e. The van der Waals surface area contributed by atoms with Crippen molar-refractivity contribution in [2.24, 2.45) is 0 Å². The molecule has 0 saturated carbocycles. The second-order valence-electron chi connectivity index (χ2n) is 3.82. The Hall–Kier alpha value is -0.750. The predicted molar refractivity (Wildman–Crippen MR) is 58.8 cm³/mol. The SMILES string of the molecule is CC(C)c1cc(Cl)cc(S(=O)(=O)C(F)(F)F)c1. The van der Waals surface area contributed by atoms with Crippen molar-refractivity contribution >= 4 is 21.4 Å². The van der Waals surface area contributed by atoms with Gasteiger partial charge in [-0.25, -0.2) is 8.42 Å². The Morgan fingerprint density at radius 2 is 1.71 bits per heavy atom. The molecule has 96 valence electrons. The highest BCUT2D eigenvalue weighted by Gasteiger charge is 2.47. The second kappa shape index (κ2) is 4.49. The highest BCUT2D eigenvalue weighted by Crippen LogP contribution is 2.33. The fourth-order valence-electron chi connectivity index (χ4n) is 1.21. The van der Waals surface area contributed by atoms with Gasteiger partial charge in [0.2, 0.25) is 0 Å². The Labute approximate surface area is 102 Å². The van der Waals surface area contributed by atoms with Gasteiger partial charge in [0.15, 0.2) is 0 Å². The first kappa shape index (κ1) is 14.3. The molecule has 1 rings (SSSR count). The van der Waals surface area contributed by atoms with Crippen molar-refractivity contribution in [3.05, 3.63) is 28.8 Å². The number of hydrogen-bond acceptors (Lipinski definition) is 2. The predicted octanol–water partition coefficient (Wildman–Crippen LogP) is 3.76. The molecule has 0 saturated heterocycles. The topological polar surface area (TPSA) is 34.1 Å². The summed E-state index contributed by atoms with van der Waals surface area (Å²) in [5, 5.41) is -0.0287. The third-order valence-corrected chi connectivity index (χ3v) is 3.86. The van der Waals surface area contributed by atoms with Gasteiger partial charge in [0, 0.05) is 5.02 Å². The molecule has 0 aliphatic heterocycles. The van der Waals surface area contributed by atoms with Crippen molar-refractivity contribution < 1.29 is 21.6 Å². The largest absolute Gasteiger partial charge is 0.501 e. The lowest BCUT2D eigenvalue weighted by Crippen LogP contribution is -2.23. The van der Waals surface area contributed by atoms with Crippen LogP contribution in [0.5, 0.6) is 0 Å². The molecule has 0 aliphatic carbocycles. The van der Waals surface area contributed by atoms with E-state index in [1.807, 2.05) is 0 Å². The van der Waals surface area contributed by atoms with Gasteiger partial charge in [-0.05, 0) is 29.7 Å². The lowest BCUT2D eigenvalue weighted by molar-refractivity contribution is -0.0436. The minimum absolute atomic E-state index is 0.0287. The zero-order valence-corrected chi connectivity index (χ0v) is 10.6. The van der Waals surface area contributed by atoms with Crippen molar-refractivity contribution in [3.63, 3.8) is 0 Å². The molecule has 0 heterocycles. The summed E-state index contributed by atoms with van der Waals surface area (Å²) in [7, 11) is -5.34. The molecule has 17 heavy (non-hydrogen) atoms. The molecule has 0 aliphatic rings.